The molecule has 1 saturated carbocycles. The fourth-order valence-corrected chi connectivity index (χ4v) is 4.06. The number of hydrogen-bond donors (Lipinski definition) is 2. The van der Waals surface area contributed by atoms with Gasteiger partial charge in [0, 0.05) is 12.3 Å². The SMILES string of the molecule is NC(=O)[C@@H]1CC[C@@H](Cc2ncc3nnn(-c4ccc(COC(O)(C(F)(F)F)C(F)(F)F)cc4)c3n2)C1. The van der Waals surface area contributed by atoms with Crippen LogP contribution in [0.5, 0.6) is 0 Å². The van der Waals surface area contributed by atoms with Crippen LogP contribution in [0.1, 0.15) is 30.7 Å². The van der Waals surface area contributed by atoms with E-state index < -0.39 is 24.7 Å². The second-order valence-corrected chi connectivity index (χ2v) is 8.57. The number of benzene rings is 1. The van der Waals surface area contributed by atoms with Gasteiger partial charge in [-0.1, -0.05) is 17.3 Å². The summed E-state index contributed by atoms with van der Waals surface area (Å²) < 4.78 is 81.8. The van der Waals surface area contributed by atoms with Gasteiger partial charge in [-0.05, 0) is 42.9 Å². The van der Waals surface area contributed by atoms with Gasteiger partial charge >= 0.3 is 18.1 Å². The molecule has 1 aliphatic carbocycles. The third-order valence-electron chi connectivity index (χ3n) is 6.05. The molecule has 2 atom stereocenters. The van der Waals surface area contributed by atoms with Gasteiger partial charge in [0.25, 0.3) is 0 Å². The van der Waals surface area contributed by atoms with Crippen LogP contribution >= 0.6 is 0 Å². The topological polar surface area (TPSA) is 129 Å². The van der Waals surface area contributed by atoms with Crippen molar-refractivity contribution in [3.8, 4) is 5.69 Å². The number of hydrogen-bond acceptors (Lipinski definition) is 7. The molecule has 1 aliphatic rings. The van der Waals surface area contributed by atoms with E-state index in [0.717, 1.165) is 6.42 Å². The van der Waals surface area contributed by atoms with Crippen molar-refractivity contribution in [3.05, 3.63) is 41.9 Å². The molecule has 0 saturated heterocycles. The molecule has 3 N–H and O–H groups in total. The Morgan fingerprint density at radius 1 is 1.11 bits per heavy atom. The number of fused-ring (bicyclic) bond motifs is 1. The van der Waals surface area contributed by atoms with Crippen LogP contribution < -0.4 is 5.73 Å². The number of nitrogens with two attached hydrogens (primary N) is 1. The summed E-state index contributed by atoms with van der Waals surface area (Å²) in [7, 11) is 0. The first-order valence-electron chi connectivity index (χ1n) is 10.7. The summed E-state index contributed by atoms with van der Waals surface area (Å²) in [5.74, 6) is -5.10. The van der Waals surface area contributed by atoms with Crippen molar-refractivity contribution in [2.45, 2.75) is 50.4 Å². The predicted molar refractivity (Wildman–Crippen MR) is 110 cm³/mol. The fourth-order valence-electron chi connectivity index (χ4n) is 4.06. The Bertz CT molecular complexity index is 1230. The van der Waals surface area contributed by atoms with Gasteiger partial charge in [0.05, 0.1) is 18.5 Å². The number of carbonyl (C=O) groups is 1. The highest BCUT2D eigenvalue weighted by Crippen LogP contribution is 2.44. The smallest absolute Gasteiger partial charge is 0.369 e. The molecule has 15 heteroatoms. The lowest BCUT2D eigenvalue weighted by atomic mass is 10.0. The van der Waals surface area contributed by atoms with Gasteiger partial charge in [-0.2, -0.15) is 31.0 Å². The lowest BCUT2D eigenvalue weighted by Crippen LogP contribution is -2.58. The standard InChI is InChI=1S/C21H20F6N6O3/c22-20(23,24)19(35,21(25,26)27)36-10-11-2-5-14(6-3-11)33-18-15(31-32-33)9-29-16(30-18)8-12-1-4-13(7-12)17(28)34/h2-3,5-6,9,12-13,35H,1,4,7-8,10H2,(H2,28,34)/t12-,13-/m1/s1. The number of amides is 1. The maximum atomic E-state index is 12.8. The number of alkyl halides is 6. The maximum absolute atomic E-state index is 12.8. The van der Waals surface area contributed by atoms with Crippen molar-refractivity contribution in [2.24, 2.45) is 17.6 Å². The number of aromatic nitrogens is 5. The second kappa shape index (κ2) is 9.28. The van der Waals surface area contributed by atoms with Crippen molar-refractivity contribution in [2.75, 3.05) is 0 Å². The zero-order valence-electron chi connectivity index (χ0n) is 18.4. The van der Waals surface area contributed by atoms with Crippen LogP contribution in [-0.2, 0) is 22.6 Å². The normalized spacial score (nSPS) is 19.2. The Morgan fingerprint density at radius 2 is 1.78 bits per heavy atom. The number of halogens is 6. The highest BCUT2D eigenvalue weighted by atomic mass is 19.4. The molecule has 1 amide bonds. The molecule has 9 nitrogen and oxygen atoms in total. The molecule has 1 aromatic carbocycles. The van der Waals surface area contributed by atoms with E-state index in [1.54, 1.807) is 0 Å². The average molecular weight is 518 g/mol. The van der Waals surface area contributed by atoms with E-state index in [9.17, 15) is 31.1 Å². The first-order valence-corrected chi connectivity index (χ1v) is 10.7. The zero-order chi connectivity index (χ0) is 26.3. The van der Waals surface area contributed by atoms with Gasteiger partial charge in [-0.15, -0.1) is 5.10 Å². The summed E-state index contributed by atoms with van der Waals surface area (Å²) in [6.07, 6.45) is -7.99. The second-order valence-electron chi connectivity index (χ2n) is 8.57. The molecule has 0 radical (unpaired) electrons. The minimum absolute atomic E-state index is 0.0596. The third kappa shape index (κ3) is 4.97. The Labute approximate surface area is 199 Å². The summed E-state index contributed by atoms with van der Waals surface area (Å²) >= 11 is 0. The van der Waals surface area contributed by atoms with E-state index in [4.69, 9.17) is 10.8 Å². The summed E-state index contributed by atoms with van der Waals surface area (Å²) in [4.78, 5) is 20.2. The van der Waals surface area contributed by atoms with E-state index in [1.807, 2.05) is 0 Å². The first kappa shape index (κ1) is 25.8. The largest absolute Gasteiger partial charge is 0.453 e. The van der Waals surface area contributed by atoms with Crippen molar-refractivity contribution < 1.29 is 41.0 Å². The summed E-state index contributed by atoms with van der Waals surface area (Å²) in [5, 5.41) is 17.1. The molecule has 4 rings (SSSR count). The lowest BCUT2D eigenvalue weighted by molar-refractivity contribution is -0.460. The maximum Gasteiger partial charge on any atom is 0.453 e. The molecule has 0 aliphatic heterocycles. The summed E-state index contributed by atoms with van der Waals surface area (Å²) in [6, 6.07) is 5.20. The molecular weight excluding hydrogens is 498 g/mol. The van der Waals surface area contributed by atoms with Gasteiger partial charge in [0.2, 0.25) is 5.91 Å². The quantitative estimate of drug-likeness (QED) is 0.364. The highest BCUT2D eigenvalue weighted by Gasteiger charge is 2.72. The van der Waals surface area contributed by atoms with E-state index in [2.05, 4.69) is 25.0 Å². The Balaban J connectivity index is 1.49. The van der Waals surface area contributed by atoms with Gasteiger partial charge in [-0.25, -0.2) is 9.97 Å². The van der Waals surface area contributed by atoms with Gasteiger partial charge in [0.15, 0.2) is 11.2 Å². The van der Waals surface area contributed by atoms with Crippen molar-refractivity contribution >= 4 is 17.1 Å². The number of ether oxygens (including phenoxy) is 1. The van der Waals surface area contributed by atoms with Crippen LogP contribution in [-0.4, -0.2) is 54.1 Å². The molecule has 0 bridgehead atoms. The molecule has 2 heterocycles. The van der Waals surface area contributed by atoms with Crippen LogP contribution in [0.25, 0.3) is 16.9 Å². The van der Waals surface area contributed by atoms with Gasteiger partial charge in [0.1, 0.15) is 5.82 Å². The average Bonchev–Trinajstić information content (AvgIpc) is 3.43. The molecule has 194 valence electrons. The summed E-state index contributed by atoms with van der Waals surface area (Å²) in [5.41, 5.74) is 6.41. The monoisotopic (exact) mass is 518 g/mol. The van der Waals surface area contributed by atoms with E-state index in [1.165, 1.54) is 35.1 Å². The van der Waals surface area contributed by atoms with Gasteiger partial charge < -0.3 is 15.6 Å². The number of nitrogens with zero attached hydrogens (tertiary/aromatic N) is 5. The van der Waals surface area contributed by atoms with E-state index >= 15 is 0 Å². The third-order valence-corrected chi connectivity index (χ3v) is 6.05. The van der Waals surface area contributed by atoms with E-state index in [0.29, 0.717) is 41.9 Å². The van der Waals surface area contributed by atoms with Crippen molar-refractivity contribution in [3.63, 3.8) is 0 Å². The Kier molecular flexibility index (Phi) is 6.64. The van der Waals surface area contributed by atoms with Gasteiger partial charge in [-0.3, -0.25) is 4.79 Å². The molecule has 0 spiro atoms. The van der Waals surface area contributed by atoms with E-state index in [-0.39, 0.29) is 23.3 Å². The Hall–Kier alpha value is -3.33. The number of aliphatic hydroxyl groups is 1. The summed E-state index contributed by atoms with van der Waals surface area (Å²) in [6.45, 7) is -1.16. The minimum Gasteiger partial charge on any atom is -0.369 e. The molecule has 2 aromatic heterocycles. The number of rotatable bonds is 7. The highest BCUT2D eigenvalue weighted by molar-refractivity contribution is 5.76. The van der Waals surface area contributed by atoms with Crippen molar-refractivity contribution in [1.82, 2.24) is 25.0 Å². The zero-order valence-corrected chi connectivity index (χ0v) is 18.4. The lowest BCUT2D eigenvalue weighted by Gasteiger charge is -2.31. The van der Waals surface area contributed by atoms with Crippen LogP contribution in [0, 0.1) is 11.8 Å². The molecular formula is C21H20F6N6O3. The predicted octanol–water partition coefficient (Wildman–Crippen LogP) is 2.98. The van der Waals surface area contributed by atoms with Crippen LogP contribution in [0.3, 0.4) is 0 Å². The number of carbonyl (C=O) groups excluding carboxylic acids is 1. The van der Waals surface area contributed by atoms with Crippen LogP contribution in [0.15, 0.2) is 30.5 Å². The minimum atomic E-state index is -6.08. The molecule has 3 aromatic rings. The number of primary amides is 1. The molecule has 36 heavy (non-hydrogen) atoms. The molecule has 0 unspecified atom stereocenters. The van der Waals surface area contributed by atoms with Crippen molar-refractivity contribution in [1.29, 1.82) is 0 Å². The van der Waals surface area contributed by atoms with Crippen LogP contribution in [0.4, 0.5) is 26.3 Å². The first-order chi connectivity index (χ1) is 16.8. The molecule has 1 fully saturated rings. The fraction of sp³-hybridized carbons (Fsp3) is 0.476. The van der Waals surface area contributed by atoms with Crippen LogP contribution in [0.2, 0.25) is 0 Å². The Morgan fingerprint density at radius 3 is 2.36 bits per heavy atom.